The van der Waals surface area contributed by atoms with E-state index < -0.39 is 6.04 Å². The highest BCUT2D eigenvalue weighted by molar-refractivity contribution is 14.1. The van der Waals surface area contributed by atoms with Crippen LogP contribution in [0.15, 0.2) is 29.0 Å². The number of hydrogen-bond acceptors (Lipinski definition) is 3. The Morgan fingerprint density at radius 1 is 1.50 bits per heavy atom. The summed E-state index contributed by atoms with van der Waals surface area (Å²) in [6.45, 7) is 0. The van der Waals surface area contributed by atoms with Crippen LogP contribution in [-0.4, -0.2) is 15.7 Å². The van der Waals surface area contributed by atoms with E-state index in [1.54, 1.807) is 10.9 Å². The number of rotatable bonds is 1. The fourth-order valence-corrected chi connectivity index (χ4v) is 2.83. The van der Waals surface area contributed by atoms with Crippen molar-refractivity contribution in [3.8, 4) is 5.69 Å². The SMILES string of the molecule is NC1C(=O)Nc2cc(-n3cc(I)cn3)c(Br)cc21. The van der Waals surface area contributed by atoms with Crippen molar-refractivity contribution in [3.05, 3.63) is 38.1 Å². The number of carbonyl (C=O) groups is 1. The van der Waals surface area contributed by atoms with Gasteiger partial charge >= 0.3 is 0 Å². The lowest BCUT2D eigenvalue weighted by molar-refractivity contribution is -0.116. The largest absolute Gasteiger partial charge is 0.324 e. The number of nitrogens with zero attached hydrogens (tertiary/aromatic N) is 2. The molecule has 0 aliphatic carbocycles. The van der Waals surface area contributed by atoms with Crippen LogP contribution in [0.4, 0.5) is 5.69 Å². The quantitative estimate of drug-likeness (QED) is 0.697. The van der Waals surface area contributed by atoms with Crippen LogP contribution < -0.4 is 11.1 Å². The van der Waals surface area contributed by atoms with Crippen LogP contribution in [0.2, 0.25) is 0 Å². The van der Waals surface area contributed by atoms with Gasteiger partial charge in [-0.1, -0.05) is 0 Å². The number of carbonyl (C=O) groups excluding carboxylic acids is 1. The second-order valence-corrected chi connectivity index (χ2v) is 6.06. The van der Waals surface area contributed by atoms with E-state index in [2.05, 4.69) is 48.9 Å². The zero-order valence-corrected chi connectivity index (χ0v) is 12.8. The predicted octanol–water partition coefficient (Wildman–Crippen LogP) is 2.19. The molecule has 1 amide bonds. The molecule has 0 saturated heterocycles. The fraction of sp³-hybridized carbons (Fsp3) is 0.0909. The van der Waals surface area contributed by atoms with Crippen molar-refractivity contribution in [1.29, 1.82) is 0 Å². The summed E-state index contributed by atoms with van der Waals surface area (Å²) in [6, 6.07) is 3.14. The Balaban J connectivity index is 2.14. The van der Waals surface area contributed by atoms with Gasteiger partial charge in [0.1, 0.15) is 6.04 Å². The molecule has 1 unspecified atom stereocenters. The molecule has 92 valence electrons. The second-order valence-electron chi connectivity index (χ2n) is 3.96. The number of halogens is 2. The lowest BCUT2D eigenvalue weighted by atomic mass is 10.1. The maximum atomic E-state index is 11.5. The number of amides is 1. The van der Waals surface area contributed by atoms with Crippen LogP contribution >= 0.6 is 38.5 Å². The summed E-state index contributed by atoms with van der Waals surface area (Å²) in [4.78, 5) is 11.5. The van der Waals surface area contributed by atoms with Gasteiger partial charge in [0.05, 0.1) is 15.5 Å². The highest BCUT2D eigenvalue weighted by Crippen LogP contribution is 2.35. The number of aromatic nitrogens is 2. The first-order chi connectivity index (χ1) is 8.56. The molecule has 1 aromatic carbocycles. The van der Waals surface area contributed by atoms with E-state index in [4.69, 9.17) is 5.73 Å². The Morgan fingerprint density at radius 3 is 2.94 bits per heavy atom. The Hall–Kier alpha value is -0.930. The molecule has 3 rings (SSSR count). The summed E-state index contributed by atoms with van der Waals surface area (Å²) < 4.78 is 3.65. The average Bonchev–Trinajstić information content (AvgIpc) is 2.86. The van der Waals surface area contributed by atoms with Crippen LogP contribution in [-0.2, 0) is 4.79 Å². The average molecular weight is 419 g/mol. The Bertz CT molecular complexity index is 654. The zero-order valence-electron chi connectivity index (χ0n) is 9.02. The molecule has 3 N–H and O–H groups in total. The van der Waals surface area contributed by atoms with E-state index in [9.17, 15) is 4.79 Å². The van der Waals surface area contributed by atoms with Crippen molar-refractivity contribution in [2.24, 2.45) is 5.73 Å². The van der Waals surface area contributed by atoms with Gasteiger partial charge in [0.25, 0.3) is 0 Å². The van der Waals surface area contributed by atoms with Crippen LogP contribution in [0, 0.1) is 3.57 Å². The summed E-state index contributed by atoms with van der Waals surface area (Å²) in [5.74, 6) is -0.177. The first-order valence-corrected chi connectivity index (χ1v) is 7.04. The summed E-state index contributed by atoms with van der Waals surface area (Å²) in [7, 11) is 0. The van der Waals surface area contributed by atoms with Crippen LogP contribution in [0.25, 0.3) is 5.69 Å². The standard InChI is InChI=1S/C11H8BrIN4O/c12-7-1-6-8(16-11(18)10(6)14)2-9(7)17-4-5(13)3-15-17/h1-4,10H,14H2,(H,16,18). The van der Waals surface area contributed by atoms with Gasteiger partial charge in [-0.15, -0.1) is 0 Å². The molecule has 0 radical (unpaired) electrons. The van der Waals surface area contributed by atoms with E-state index in [1.807, 2.05) is 18.3 Å². The number of hydrogen-bond donors (Lipinski definition) is 2. The Kier molecular flexibility index (Phi) is 2.91. The highest BCUT2D eigenvalue weighted by Gasteiger charge is 2.28. The zero-order chi connectivity index (χ0) is 12.9. The number of fused-ring (bicyclic) bond motifs is 1. The van der Waals surface area contributed by atoms with E-state index in [-0.39, 0.29) is 5.91 Å². The molecule has 2 aromatic rings. The molecule has 1 atom stereocenters. The normalized spacial score (nSPS) is 17.7. The van der Waals surface area contributed by atoms with E-state index >= 15 is 0 Å². The van der Waals surface area contributed by atoms with Crippen LogP contribution in [0.3, 0.4) is 0 Å². The molecule has 7 heteroatoms. The smallest absolute Gasteiger partial charge is 0.245 e. The molecule has 2 heterocycles. The summed E-state index contributed by atoms with van der Waals surface area (Å²) in [5.41, 5.74) is 8.21. The van der Waals surface area contributed by atoms with Gasteiger partial charge in [0.2, 0.25) is 5.91 Å². The molecule has 18 heavy (non-hydrogen) atoms. The summed E-state index contributed by atoms with van der Waals surface area (Å²) in [5, 5.41) is 7.01. The molecule has 5 nitrogen and oxygen atoms in total. The molecule has 1 aliphatic heterocycles. The molecule has 0 saturated carbocycles. The van der Waals surface area contributed by atoms with Crippen molar-refractivity contribution in [2.45, 2.75) is 6.04 Å². The van der Waals surface area contributed by atoms with Crippen molar-refractivity contribution >= 4 is 50.1 Å². The Labute approximate surface area is 125 Å². The number of anilines is 1. The minimum atomic E-state index is -0.594. The van der Waals surface area contributed by atoms with Gasteiger partial charge in [0.15, 0.2) is 0 Å². The molecular weight excluding hydrogens is 411 g/mol. The molecular formula is C11H8BrIN4O. The van der Waals surface area contributed by atoms with Gasteiger partial charge in [0, 0.05) is 21.9 Å². The first kappa shape index (κ1) is 12.1. The lowest BCUT2D eigenvalue weighted by Crippen LogP contribution is -2.19. The van der Waals surface area contributed by atoms with Crippen LogP contribution in [0.1, 0.15) is 11.6 Å². The number of benzene rings is 1. The van der Waals surface area contributed by atoms with E-state index in [1.165, 1.54) is 0 Å². The third-order valence-electron chi connectivity index (χ3n) is 2.79. The van der Waals surface area contributed by atoms with Gasteiger partial charge in [-0.25, -0.2) is 4.68 Å². The minimum Gasteiger partial charge on any atom is -0.324 e. The van der Waals surface area contributed by atoms with Crippen molar-refractivity contribution < 1.29 is 4.79 Å². The van der Waals surface area contributed by atoms with Gasteiger partial charge in [-0.05, 0) is 50.7 Å². The molecule has 0 fully saturated rings. The highest BCUT2D eigenvalue weighted by atomic mass is 127. The number of nitrogens with two attached hydrogens (primary N) is 1. The van der Waals surface area contributed by atoms with Gasteiger partial charge in [-0.3, -0.25) is 4.79 Å². The first-order valence-electron chi connectivity index (χ1n) is 5.16. The third kappa shape index (κ3) is 1.86. The van der Waals surface area contributed by atoms with Gasteiger partial charge in [-0.2, -0.15) is 5.10 Å². The monoisotopic (exact) mass is 418 g/mol. The fourth-order valence-electron chi connectivity index (χ4n) is 1.90. The van der Waals surface area contributed by atoms with E-state index in [0.29, 0.717) is 0 Å². The molecule has 1 aliphatic rings. The lowest BCUT2D eigenvalue weighted by Gasteiger charge is -2.08. The maximum Gasteiger partial charge on any atom is 0.245 e. The number of nitrogens with one attached hydrogen (secondary N) is 1. The minimum absolute atomic E-state index is 0.177. The van der Waals surface area contributed by atoms with Crippen LogP contribution in [0.5, 0.6) is 0 Å². The summed E-state index contributed by atoms with van der Waals surface area (Å²) >= 11 is 5.68. The molecule has 1 aromatic heterocycles. The van der Waals surface area contributed by atoms with Crippen molar-refractivity contribution in [1.82, 2.24) is 9.78 Å². The van der Waals surface area contributed by atoms with E-state index in [0.717, 1.165) is 25.0 Å². The topological polar surface area (TPSA) is 72.9 Å². The molecule has 0 spiro atoms. The molecule has 0 bridgehead atoms. The maximum absolute atomic E-state index is 11.5. The van der Waals surface area contributed by atoms with Crippen molar-refractivity contribution in [3.63, 3.8) is 0 Å². The third-order valence-corrected chi connectivity index (χ3v) is 3.98. The van der Waals surface area contributed by atoms with Gasteiger partial charge < -0.3 is 11.1 Å². The second kappa shape index (κ2) is 4.32. The predicted molar refractivity (Wildman–Crippen MR) is 79.5 cm³/mol. The van der Waals surface area contributed by atoms with Crippen molar-refractivity contribution in [2.75, 3.05) is 5.32 Å². The Morgan fingerprint density at radius 2 is 2.28 bits per heavy atom. The summed E-state index contributed by atoms with van der Waals surface area (Å²) in [6.07, 6.45) is 3.67.